The molecule has 20 heavy (non-hydrogen) atoms. The second kappa shape index (κ2) is 5.64. The summed E-state index contributed by atoms with van der Waals surface area (Å²) in [6, 6.07) is 1.93. The summed E-state index contributed by atoms with van der Waals surface area (Å²) in [5.74, 6) is 0.797. The molecule has 1 aromatic heterocycles. The van der Waals surface area contributed by atoms with Crippen LogP contribution < -0.4 is 10.2 Å². The largest absolute Gasteiger partial charge is 0.339 e. The van der Waals surface area contributed by atoms with Crippen molar-refractivity contribution in [2.24, 2.45) is 0 Å². The van der Waals surface area contributed by atoms with Crippen LogP contribution in [0.25, 0.3) is 0 Å². The maximum atomic E-state index is 4.74. The Morgan fingerprint density at radius 2 is 1.70 bits per heavy atom. The van der Waals surface area contributed by atoms with Gasteiger partial charge < -0.3 is 10.2 Å². The molecule has 0 radical (unpaired) electrons. The zero-order chi connectivity index (χ0) is 14.1. The molecule has 1 aromatic rings. The van der Waals surface area contributed by atoms with Crippen molar-refractivity contribution < 1.29 is 0 Å². The zero-order valence-electron chi connectivity index (χ0n) is 12.8. The molecule has 2 aliphatic rings. The number of piperidine rings is 1. The van der Waals surface area contributed by atoms with Crippen molar-refractivity contribution in [3.63, 3.8) is 0 Å². The van der Waals surface area contributed by atoms with Gasteiger partial charge in [0, 0.05) is 25.2 Å². The van der Waals surface area contributed by atoms with Gasteiger partial charge in [0.2, 0.25) is 5.95 Å². The first-order chi connectivity index (χ1) is 9.71. The number of fused-ring (bicyclic) bond motifs is 2. The molecule has 0 saturated carbocycles. The number of anilines is 1. The van der Waals surface area contributed by atoms with Crippen molar-refractivity contribution in [2.45, 2.75) is 70.5 Å². The molecule has 1 N–H and O–H groups in total. The monoisotopic (exact) mass is 275 g/mol. The number of aryl methyl sites for hydroxylation is 2. The summed E-state index contributed by atoms with van der Waals surface area (Å²) in [5, 5.41) is 12.4. The normalized spacial score (nSPS) is 28.6. The van der Waals surface area contributed by atoms with E-state index in [9.17, 15) is 0 Å². The third-order valence-electron chi connectivity index (χ3n) is 4.81. The number of nitrogens with zero attached hydrogens (tertiary/aromatic N) is 4. The minimum absolute atomic E-state index is 0.549. The fourth-order valence-electron chi connectivity index (χ4n) is 3.58. The summed E-state index contributed by atoms with van der Waals surface area (Å²) < 4.78 is 0. The van der Waals surface area contributed by atoms with Gasteiger partial charge >= 0.3 is 0 Å². The molecule has 2 fully saturated rings. The van der Waals surface area contributed by atoms with E-state index in [1.165, 1.54) is 25.7 Å². The molecular formula is C15H25N5. The first-order valence-corrected chi connectivity index (χ1v) is 7.92. The van der Waals surface area contributed by atoms with Crippen molar-refractivity contribution in [1.29, 1.82) is 0 Å². The Hall–Kier alpha value is -1.23. The standard InChI is InChI=1S/C15H25N5/c1-4-13-14(5-2)18-19-15(17-13)20(3)12-8-10-6-7-11(9-12)16-10/h10-12,16H,4-9H2,1-3H3. The Kier molecular flexibility index (Phi) is 3.87. The predicted molar refractivity (Wildman–Crippen MR) is 80.0 cm³/mol. The van der Waals surface area contributed by atoms with Crippen molar-refractivity contribution in [2.75, 3.05) is 11.9 Å². The van der Waals surface area contributed by atoms with E-state index in [-0.39, 0.29) is 0 Å². The summed E-state index contributed by atoms with van der Waals surface area (Å²) in [4.78, 5) is 6.99. The van der Waals surface area contributed by atoms with Crippen LogP contribution in [0.4, 0.5) is 5.95 Å². The number of rotatable bonds is 4. The number of hydrogen-bond donors (Lipinski definition) is 1. The SMILES string of the molecule is CCc1nnc(N(C)C2CC3CCC(C2)N3)nc1CC. The molecule has 3 rings (SSSR count). The van der Waals surface area contributed by atoms with Crippen LogP contribution >= 0.6 is 0 Å². The highest BCUT2D eigenvalue weighted by Crippen LogP contribution is 2.30. The highest BCUT2D eigenvalue weighted by atomic mass is 15.3. The second-order valence-electron chi connectivity index (χ2n) is 6.09. The van der Waals surface area contributed by atoms with Crippen molar-refractivity contribution >= 4 is 5.95 Å². The molecule has 5 heteroatoms. The van der Waals surface area contributed by atoms with Crippen LogP contribution in [0.2, 0.25) is 0 Å². The fraction of sp³-hybridized carbons (Fsp3) is 0.800. The molecule has 2 aliphatic heterocycles. The average molecular weight is 275 g/mol. The number of aromatic nitrogens is 3. The Balaban J connectivity index is 1.78. The maximum absolute atomic E-state index is 4.74. The molecule has 0 spiro atoms. The van der Waals surface area contributed by atoms with Gasteiger partial charge in [-0.05, 0) is 38.5 Å². The van der Waals surface area contributed by atoms with E-state index in [2.05, 4.69) is 41.3 Å². The highest BCUT2D eigenvalue weighted by Gasteiger charge is 2.35. The van der Waals surface area contributed by atoms with Gasteiger partial charge in [-0.3, -0.25) is 0 Å². The minimum atomic E-state index is 0.549. The van der Waals surface area contributed by atoms with Crippen LogP contribution in [0.15, 0.2) is 0 Å². The van der Waals surface area contributed by atoms with Gasteiger partial charge in [-0.1, -0.05) is 13.8 Å². The first kappa shape index (κ1) is 13.7. The van der Waals surface area contributed by atoms with Crippen LogP contribution in [-0.4, -0.2) is 40.4 Å². The van der Waals surface area contributed by atoms with Gasteiger partial charge in [0.05, 0.1) is 11.4 Å². The lowest BCUT2D eigenvalue weighted by atomic mass is 9.99. The quantitative estimate of drug-likeness (QED) is 0.906. The van der Waals surface area contributed by atoms with Gasteiger partial charge in [-0.2, -0.15) is 5.10 Å². The van der Waals surface area contributed by atoms with E-state index >= 15 is 0 Å². The topological polar surface area (TPSA) is 53.9 Å². The Bertz CT molecular complexity index is 463. The molecular weight excluding hydrogens is 250 g/mol. The van der Waals surface area contributed by atoms with E-state index in [0.717, 1.165) is 30.2 Å². The molecule has 5 nitrogen and oxygen atoms in total. The van der Waals surface area contributed by atoms with Gasteiger partial charge in [0.1, 0.15) is 0 Å². The van der Waals surface area contributed by atoms with E-state index in [0.29, 0.717) is 18.1 Å². The Labute approximate surface area is 121 Å². The minimum Gasteiger partial charge on any atom is -0.339 e. The molecule has 0 aliphatic carbocycles. The van der Waals surface area contributed by atoms with Crippen molar-refractivity contribution in [3.05, 3.63) is 11.4 Å². The van der Waals surface area contributed by atoms with E-state index in [4.69, 9.17) is 4.98 Å². The van der Waals surface area contributed by atoms with E-state index < -0.39 is 0 Å². The third kappa shape index (κ3) is 2.51. The van der Waals surface area contributed by atoms with Crippen LogP contribution in [0, 0.1) is 0 Å². The number of hydrogen-bond acceptors (Lipinski definition) is 5. The van der Waals surface area contributed by atoms with Gasteiger partial charge in [0.25, 0.3) is 0 Å². The lowest BCUT2D eigenvalue weighted by molar-refractivity contribution is 0.352. The van der Waals surface area contributed by atoms with Crippen molar-refractivity contribution in [3.8, 4) is 0 Å². The smallest absolute Gasteiger partial charge is 0.245 e. The molecule has 2 saturated heterocycles. The second-order valence-corrected chi connectivity index (χ2v) is 6.09. The van der Waals surface area contributed by atoms with Crippen LogP contribution in [0.1, 0.15) is 50.9 Å². The molecule has 2 bridgehead atoms. The summed E-state index contributed by atoms with van der Waals surface area (Å²) >= 11 is 0. The first-order valence-electron chi connectivity index (χ1n) is 7.92. The van der Waals surface area contributed by atoms with Crippen molar-refractivity contribution in [1.82, 2.24) is 20.5 Å². The van der Waals surface area contributed by atoms with E-state index in [1.54, 1.807) is 0 Å². The summed E-state index contributed by atoms with van der Waals surface area (Å²) in [6.07, 6.45) is 6.88. The predicted octanol–water partition coefficient (Wildman–Crippen LogP) is 1.72. The summed E-state index contributed by atoms with van der Waals surface area (Å²) in [6.45, 7) is 4.25. The molecule has 110 valence electrons. The summed E-state index contributed by atoms with van der Waals surface area (Å²) in [7, 11) is 2.12. The summed E-state index contributed by atoms with van der Waals surface area (Å²) in [5.41, 5.74) is 2.14. The van der Waals surface area contributed by atoms with Gasteiger partial charge in [-0.15, -0.1) is 5.10 Å². The lowest BCUT2D eigenvalue weighted by Gasteiger charge is -2.35. The maximum Gasteiger partial charge on any atom is 0.245 e. The average Bonchev–Trinajstić information content (AvgIpc) is 2.84. The van der Waals surface area contributed by atoms with Crippen LogP contribution in [-0.2, 0) is 12.8 Å². The Morgan fingerprint density at radius 1 is 1.05 bits per heavy atom. The lowest BCUT2D eigenvalue weighted by Crippen LogP contribution is -2.47. The van der Waals surface area contributed by atoms with Crippen LogP contribution in [0.5, 0.6) is 0 Å². The molecule has 2 unspecified atom stereocenters. The molecule has 0 aromatic carbocycles. The zero-order valence-corrected chi connectivity index (χ0v) is 12.8. The molecule has 0 amide bonds. The van der Waals surface area contributed by atoms with Gasteiger partial charge in [-0.25, -0.2) is 4.98 Å². The number of nitrogens with one attached hydrogen (secondary N) is 1. The Morgan fingerprint density at radius 3 is 2.30 bits per heavy atom. The fourth-order valence-corrected chi connectivity index (χ4v) is 3.58. The third-order valence-corrected chi connectivity index (χ3v) is 4.81. The van der Waals surface area contributed by atoms with E-state index in [1.807, 2.05) is 0 Å². The molecule has 3 heterocycles. The highest BCUT2D eigenvalue weighted by molar-refractivity contribution is 5.31. The molecule has 2 atom stereocenters. The van der Waals surface area contributed by atoms with Gasteiger partial charge in [0.15, 0.2) is 0 Å². The van der Waals surface area contributed by atoms with Crippen LogP contribution in [0.3, 0.4) is 0 Å².